The van der Waals surface area contributed by atoms with Crippen LogP contribution >= 0.6 is 0 Å². The third-order valence-electron chi connectivity index (χ3n) is 2.78. The summed E-state index contributed by atoms with van der Waals surface area (Å²) in [6.07, 6.45) is 2.57. The van der Waals surface area contributed by atoms with Crippen LogP contribution < -0.4 is 10.1 Å². The number of anilines is 1. The van der Waals surface area contributed by atoms with E-state index in [1.54, 1.807) is 25.4 Å². The summed E-state index contributed by atoms with van der Waals surface area (Å²) in [7, 11) is 1.60. The SMILES string of the molecule is COc1cccc(C#N)c1NCCc1ccccn1. The molecule has 2 rings (SSSR count). The molecule has 96 valence electrons. The largest absolute Gasteiger partial charge is 0.495 e. The van der Waals surface area contributed by atoms with E-state index < -0.39 is 0 Å². The number of nitriles is 1. The van der Waals surface area contributed by atoms with E-state index in [4.69, 9.17) is 10.00 Å². The van der Waals surface area contributed by atoms with Crippen molar-refractivity contribution >= 4 is 5.69 Å². The molecule has 0 fully saturated rings. The Morgan fingerprint density at radius 1 is 1.26 bits per heavy atom. The number of nitrogens with one attached hydrogen (secondary N) is 1. The van der Waals surface area contributed by atoms with Crippen LogP contribution in [0.1, 0.15) is 11.3 Å². The van der Waals surface area contributed by atoms with Crippen LogP contribution in [0.3, 0.4) is 0 Å². The predicted molar refractivity (Wildman–Crippen MR) is 74.1 cm³/mol. The summed E-state index contributed by atoms with van der Waals surface area (Å²) in [4.78, 5) is 4.26. The summed E-state index contributed by atoms with van der Waals surface area (Å²) < 4.78 is 5.26. The van der Waals surface area contributed by atoms with Gasteiger partial charge in [-0.1, -0.05) is 12.1 Å². The zero-order chi connectivity index (χ0) is 13.5. The maximum absolute atomic E-state index is 9.10. The molecule has 19 heavy (non-hydrogen) atoms. The van der Waals surface area contributed by atoms with Gasteiger partial charge in [-0.3, -0.25) is 4.98 Å². The van der Waals surface area contributed by atoms with Crippen molar-refractivity contribution in [3.8, 4) is 11.8 Å². The lowest BCUT2D eigenvalue weighted by atomic mass is 10.1. The van der Waals surface area contributed by atoms with Gasteiger partial charge in [0.2, 0.25) is 0 Å². The molecule has 4 heteroatoms. The maximum Gasteiger partial charge on any atom is 0.143 e. The lowest BCUT2D eigenvalue weighted by Gasteiger charge is -2.12. The number of methoxy groups -OCH3 is 1. The molecule has 0 saturated carbocycles. The summed E-state index contributed by atoms with van der Waals surface area (Å²) in [6, 6.07) is 13.4. The van der Waals surface area contributed by atoms with E-state index in [-0.39, 0.29) is 0 Å². The molecule has 1 heterocycles. The molecule has 1 aromatic carbocycles. The standard InChI is InChI=1S/C15H15N3O/c1-19-14-7-4-5-12(11-16)15(14)18-10-8-13-6-2-3-9-17-13/h2-7,9,18H,8,10H2,1H3. The number of hydrogen-bond acceptors (Lipinski definition) is 4. The second-order valence-electron chi connectivity index (χ2n) is 3.99. The first-order valence-electron chi connectivity index (χ1n) is 6.06. The molecule has 0 aliphatic carbocycles. The van der Waals surface area contributed by atoms with E-state index in [0.29, 0.717) is 17.9 Å². The summed E-state index contributed by atoms with van der Waals surface area (Å²) in [5.41, 5.74) is 2.34. The molecule has 0 saturated heterocycles. The smallest absolute Gasteiger partial charge is 0.143 e. The normalized spacial score (nSPS) is 9.68. The highest BCUT2D eigenvalue weighted by atomic mass is 16.5. The summed E-state index contributed by atoms with van der Waals surface area (Å²) in [6.45, 7) is 0.700. The fourth-order valence-electron chi connectivity index (χ4n) is 1.84. The third kappa shape index (κ3) is 3.23. The Kier molecular flexibility index (Phi) is 4.35. The van der Waals surface area contributed by atoms with Crippen molar-refractivity contribution in [2.75, 3.05) is 19.0 Å². The van der Waals surface area contributed by atoms with Gasteiger partial charge in [-0.15, -0.1) is 0 Å². The summed E-state index contributed by atoms with van der Waals surface area (Å²) in [5, 5.41) is 12.3. The van der Waals surface area contributed by atoms with E-state index in [1.165, 1.54) is 0 Å². The Bertz CT molecular complexity index is 576. The number of nitrogens with zero attached hydrogens (tertiary/aromatic N) is 2. The maximum atomic E-state index is 9.10. The Morgan fingerprint density at radius 2 is 2.16 bits per heavy atom. The van der Waals surface area contributed by atoms with Crippen molar-refractivity contribution in [3.63, 3.8) is 0 Å². The van der Waals surface area contributed by atoms with Crippen LogP contribution in [0.5, 0.6) is 5.75 Å². The van der Waals surface area contributed by atoms with Crippen LogP contribution in [-0.2, 0) is 6.42 Å². The minimum atomic E-state index is 0.584. The van der Waals surface area contributed by atoms with Crippen LogP contribution in [0.25, 0.3) is 0 Å². The van der Waals surface area contributed by atoms with E-state index in [2.05, 4.69) is 16.4 Å². The zero-order valence-corrected chi connectivity index (χ0v) is 10.8. The van der Waals surface area contributed by atoms with Crippen LogP contribution in [0, 0.1) is 11.3 Å². The van der Waals surface area contributed by atoms with Crippen molar-refractivity contribution in [2.45, 2.75) is 6.42 Å². The van der Waals surface area contributed by atoms with Gasteiger partial charge in [-0.25, -0.2) is 0 Å². The average molecular weight is 253 g/mol. The molecular weight excluding hydrogens is 238 g/mol. The van der Waals surface area contributed by atoms with E-state index >= 15 is 0 Å². The summed E-state index contributed by atoms with van der Waals surface area (Å²) in [5.74, 6) is 0.681. The Hall–Kier alpha value is -2.54. The van der Waals surface area contributed by atoms with Crippen molar-refractivity contribution < 1.29 is 4.74 Å². The van der Waals surface area contributed by atoms with E-state index in [1.807, 2.05) is 24.3 Å². The molecule has 2 aromatic rings. The molecule has 1 aromatic heterocycles. The van der Waals surface area contributed by atoms with Gasteiger partial charge in [-0.2, -0.15) is 5.26 Å². The molecule has 0 amide bonds. The minimum absolute atomic E-state index is 0.584. The van der Waals surface area contributed by atoms with Crippen LogP contribution in [-0.4, -0.2) is 18.6 Å². The lowest BCUT2D eigenvalue weighted by molar-refractivity contribution is 0.416. The van der Waals surface area contributed by atoms with Gasteiger partial charge in [0.15, 0.2) is 0 Å². The van der Waals surface area contributed by atoms with Crippen LogP contribution in [0.2, 0.25) is 0 Å². The molecule has 0 aliphatic heterocycles. The number of hydrogen-bond donors (Lipinski definition) is 1. The number of benzene rings is 1. The first-order chi connectivity index (χ1) is 9.35. The first kappa shape index (κ1) is 12.9. The predicted octanol–water partition coefficient (Wildman–Crippen LogP) is 2.62. The second-order valence-corrected chi connectivity index (χ2v) is 3.99. The number of rotatable bonds is 5. The highest BCUT2D eigenvalue weighted by Crippen LogP contribution is 2.27. The molecule has 1 N–H and O–H groups in total. The lowest BCUT2D eigenvalue weighted by Crippen LogP contribution is -2.08. The van der Waals surface area contributed by atoms with Gasteiger partial charge in [0.1, 0.15) is 11.8 Å². The number of pyridine rings is 1. The highest BCUT2D eigenvalue weighted by Gasteiger charge is 2.07. The Labute approximate surface area is 112 Å². The molecular formula is C15H15N3O. The van der Waals surface area contributed by atoms with Gasteiger partial charge in [0.25, 0.3) is 0 Å². The topological polar surface area (TPSA) is 57.9 Å². The molecule has 0 spiro atoms. The van der Waals surface area contributed by atoms with Crippen molar-refractivity contribution in [2.24, 2.45) is 0 Å². The minimum Gasteiger partial charge on any atom is -0.495 e. The Balaban J connectivity index is 2.05. The van der Waals surface area contributed by atoms with Gasteiger partial charge < -0.3 is 10.1 Å². The van der Waals surface area contributed by atoms with Crippen LogP contribution in [0.4, 0.5) is 5.69 Å². The van der Waals surface area contributed by atoms with Gasteiger partial charge in [-0.05, 0) is 24.3 Å². The number of ether oxygens (including phenoxy) is 1. The molecule has 0 radical (unpaired) electrons. The van der Waals surface area contributed by atoms with Crippen molar-refractivity contribution in [1.29, 1.82) is 5.26 Å². The van der Waals surface area contributed by atoms with Crippen LogP contribution in [0.15, 0.2) is 42.6 Å². The second kappa shape index (κ2) is 6.41. The fraction of sp³-hybridized carbons (Fsp3) is 0.200. The fourth-order valence-corrected chi connectivity index (χ4v) is 1.84. The zero-order valence-electron chi connectivity index (χ0n) is 10.8. The number of aromatic nitrogens is 1. The third-order valence-corrected chi connectivity index (χ3v) is 2.78. The van der Waals surface area contributed by atoms with Gasteiger partial charge >= 0.3 is 0 Å². The molecule has 0 unspecified atom stereocenters. The molecule has 0 bridgehead atoms. The van der Waals surface area contributed by atoms with Gasteiger partial charge in [0.05, 0.1) is 18.4 Å². The van der Waals surface area contributed by atoms with E-state index in [0.717, 1.165) is 17.8 Å². The summed E-state index contributed by atoms with van der Waals surface area (Å²) >= 11 is 0. The van der Waals surface area contributed by atoms with E-state index in [9.17, 15) is 0 Å². The quantitative estimate of drug-likeness (QED) is 0.889. The first-order valence-corrected chi connectivity index (χ1v) is 6.06. The number of para-hydroxylation sites is 1. The molecule has 0 atom stereocenters. The van der Waals surface area contributed by atoms with Crippen molar-refractivity contribution in [1.82, 2.24) is 4.98 Å². The average Bonchev–Trinajstić information content (AvgIpc) is 2.48. The highest BCUT2D eigenvalue weighted by molar-refractivity contribution is 5.66. The van der Waals surface area contributed by atoms with Gasteiger partial charge in [0, 0.05) is 24.9 Å². The molecule has 0 aliphatic rings. The van der Waals surface area contributed by atoms with Crippen molar-refractivity contribution in [3.05, 3.63) is 53.9 Å². The molecule has 4 nitrogen and oxygen atoms in total. The monoisotopic (exact) mass is 253 g/mol. The Morgan fingerprint density at radius 3 is 2.84 bits per heavy atom.